The minimum atomic E-state index is 0.985. The van der Waals surface area contributed by atoms with Gasteiger partial charge in [0.25, 0.3) is 0 Å². The Morgan fingerprint density at radius 3 is 1.58 bits per heavy atom. The highest BCUT2D eigenvalue weighted by Crippen LogP contribution is 2.26. The van der Waals surface area contributed by atoms with Gasteiger partial charge in [0.05, 0.1) is 11.4 Å². The van der Waals surface area contributed by atoms with E-state index in [0.29, 0.717) is 0 Å². The minimum absolute atomic E-state index is 0.985. The van der Waals surface area contributed by atoms with Gasteiger partial charge < -0.3 is 4.90 Å². The quantitative estimate of drug-likeness (QED) is 0.318. The lowest BCUT2D eigenvalue weighted by Crippen LogP contribution is -2.21. The van der Waals surface area contributed by atoms with Crippen molar-refractivity contribution in [3.8, 4) is 22.5 Å². The number of hydrogen-bond acceptors (Lipinski definition) is 2. The first kappa shape index (κ1) is 20.6. The molecule has 1 heterocycles. The average Bonchev–Trinajstić information content (AvgIpc) is 2.85. The van der Waals surface area contributed by atoms with Crippen LogP contribution in [0.1, 0.15) is 25.0 Å². The Hall–Kier alpha value is -3.65. The van der Waals surface area contributed by atoms with Crippen molar-refractivity contribution in [2.24, 2.45) is 0 Å². The molecule has 154 valence electrons. The number of hydrogen-bond donors (Lipinski definition) is 0. The summed E-state index contributed by atoms with van der Waals surface area (Å²) in [4.78, 5) is 7.30. The highest BCUT2D eigenvalue weighted by Gasteiger charge is 2.06. The monoisotopic (exact) mass is 404 g/mol. The summed E-state index contributed by atoms with van der Waals surface area (Å²) < 4.78 is 0. The van der Waals surface area contributed by atoms with Gasteiger partial charge in [-0.05, 0) is 49.2 Å². The van der Waals surface area contributed by atoms with Gasteiger partial charge in [0.2, 0.25) is 0 Å². The van der Waals surface area contributed by atoms with E-state index in [1.54, 1.807) is 0 Å². The van der Waals surface area contributed by atoms with Crippen molar-refractivity contribution in [1.82, 2.24) is 4.98 Å². The van der Waals surface area contributed by atoms with Crippen LogP contribution in [0.2, 0.25) is 0 Å². The van der Waals surface area contributed by atoms with E-state index in [0.717, 1.165) is 41.2 Å². The zero-order valence-corrected chi connectivity index (χ0v) is 18.2. The molecule has 0 aliphatic carbocycles. The lowest BCUT2D eigenvalue weighted by molar-refractivity contribution is 0.866. The van der Waals surface area contributed by atoms with Crippen molar-refractivity contribution in [1.29, 1.82) is 0 Å². The van der Waals surface area contributed by atoms with E-state index in [9.17, 15) is 0 Å². The fourth-order valence-electron chi connectivity index (χ4n) is 3.74. The first-order chi connectivity index (χ1) is 15.3. The lowest BCUT2D eigenvalue weighted by Gasteiger charge is -2.20. The summed E-state index contributed by atoms with van der Waals surface area (Å²) in [5.74, 6) is 0. The Balaban J connectivity index is 1.67. The molecule has 0 atom stereocenters. The van der Waals surface area contributed by atoms with Gasteiger partial charge in [0, 0.05) is 29.9 Å². The molecular weight excluding hydrogens is 376 g/mol. The van der Waals surface area contributed by atoms with Crippen LogP contribution in [0.25, 0.3) is 34.7 Å². The third-order valence-corrected chi connectivity index (χ3v) is 5.48. The Morgan fingerprint density at radius 1 is 0.613 bits per heavy atom. The second-order valence-electron chi connectivity index (χ2n) is 7.50. The predicted octanol–water partition coefficient (Wildman–Crippen LogP) is 7.43. The zero-order chi connectivity index (χ0) is 21.5. The summed E-state index contributed by atoms with van der Waals surface area (Å²) >= 11 is 0. The smallest absolute Gasteiger partial charge is 0.0715 e. The average molecular weight is 405 g/mol. The fourth-order valence-corrected chi connectivity index (χ4v) is 3.74. The summed E-state index contributed by atoms with van der Waals surface area (Å²) in [5, 5.41) is 0. The highest BCUT2D eigenvalue weighted by atomic mass is 15.1. The van der Waals surface area contributed by atoms with Crippen LogP contribution in [0.5, 0.6) is 0 Å². The largest absolute Gasteiger partial charge is 0.372 e. The molecule has 1 aromatic heterocycles. The van der Waals surface area contributed by atoms with Crippen molar-refractivity contribution in [2.75, 3.05) is 18.0 Å². The van der Waals surface area contributed by atoms with E-state index in [2.05, 4.69) is 116 Å². The molecule has 0 amide bonds. The van der Waals surface area contributed by atoms with Crippen LogP contribution in [-0.4, -0.2) is 18.1 Å². The van der Waals surface area contributed by atoms with Crippen molar-refractivity contribution in [2.45, 2.75) is 13.8 Å². The van der Waals surface area contributed by atoms with Crippen molar-refractivity contribution in [3.63, 3.8) is 0 Å². The first-order valence-electron chi connectivity index (χ1n) is 10.9. The molecule has 0 saturated heterocycles. The summed E-state index contributed by atoms with van der Waals surface area (Å²) in [6.45, 7) is 6.42. The molecule has 0 aliphatic heterocycles. The Morgan fingerprint density at radius 2 is 1.10 bits per heavy atom. The maximum atomic E-state index is 4.94. The van der Waals surface area contributed by atoms with E-state index >= 15 is 0 Å². The van der Waals surface area contributed by atoms with Crippen molar-refractivity contribution in [3.05, 3.63) is 108 Å². The first-order valence-corrected chi connectivity index (χ1v) is 10.9. The molecule has 2 heteroatoms. The number of aromatic nitrogens is 1. The molecule has 0 aliphatic rings. The Kier molecular flexibility index (Phi) is 6.59. The highest BCUT2D eigenvalue weighted by molar-refractivity contribution is 5.76. The van der Waals surface area contributed by atoms with Crippen LogP contribution < -0.4 is 4.90 Å². The summed E-state index contributed by atoms with van der Waals surface area (Å²) in [5.41, 5.74) is 7.81. The number of nitrogens with zero attached hydrogens (tertiary/aromatic N) is 2. The standard InChI is InChI=1S/C29H28N2/c1-3-31(4-2)27-19-17-23(18-20-27)15-16-24-21-28(25-11-7-5-8-12-25)30-29(22-24)26-13-9-6-10-14-26/h5-22H,3-4H2,1-2H3/b16-15+. The van der Waals surface area contributed by atoms with Crippen LogP contribution in [0, 0.1) is 0 Å². The van der Waals surface area contributed by atoms with Crippen molar-refractivity contribution >= 4 is 17.8 Å². The molecule has 0 spiro atoms. The van der Waals surface area contributed by atoms with Gasteiger partial charge in [-0.15, -0.1) is 0 Å². The molecule has 3 aromatic carbocycles. The maximum absolute atomic E-state index is 4.94. The molecule has 4 aromatic rings. The summed E-state index contributed by atoms with van der Waals surface area (Å²) in [7, 11) is 0. The molecule has 0 saturated carbocycles. The third kappa shape index (κ3) is 5.10. The zero-order valence-electron chi connectivity index (χ0n) is 18.2. The predicted molar refractivity (Wildman–Crippen MR) is 134 cm³/mol. The third-order valence-electron chi connectivity index (χ3n) is 5.48. The number of benzene rings is 3. The van der Waals surface area contributed by atoms with E-state index < -0.39 is 0 Å². The van der Waals surface area contributed by atoms with Gasteiger partial charge in [0.15, 0.2) is 0 Å². The van der Waals surface area contributed by atoms with Crippen LogP contribution in [-0.2, 0) is 0 Å². The SMILES string of the molecule is CCN(CC)c1ccc(/C=C/c2cc(-c3ccccc3)nc(-c3ccccc3)c2)cc1. The van der Waals surface area contributed by atoms with Crippen LogP contribution in [0.3, 0.4) is 0 Å². The van der Waals surface area contributed by atoms with Gasteiger partial charge in [-0.25, -0.2) is 4.98 Å². The number of pyridine rings is 1. The van der Waals surface area contributed by atoms with Gasteiger partial charge >= 0.3 is 0 Å². The maximum Gasteiger partial charge on any atom is 0.0715 e. The summed E-state index contributed by atoms with van der Waals surface area (Å²) in [6, 6.07) is 33.8. The molecule has 2 nitrogen and oxygen atoms in total. The molecule has 0 unspecified atom stereocenters. The van der Waals surface area contributed by atoms with E-state index in [1.165, 1.54) is 11.3 Å². The van der Waals surface area contributed by atoms with E-state index in [-0.39, 0.29) is 0 Å². The molecule has 4 rings (SSSR count). The Labute approximate surface area is 185 Å². The molecule has 0 N–H and O–H groups in total. The molecule has 0 fully saturated rings. The normalized spacial score (nSPS) is 11.0. The second-order valence-corrected chi connectivity index (χ2v) is 7.50. The van der Waals surface area contributed by atoms with Crippen molar-refractivity contribution < 1.29 is 0 Å². The molecule has 31 heavy (non-hydrogen) atoms. The minimum Gasteiger partial charge on any atom is -0.372 e. The van der Waals surface area contributed by atoms with E-state index in [1.807, 2.05) is 12.1 Å². The number of rotatable bonds is 7. The summed E-state index contributed by atoms with van der Waals surface area (Å²) in [6.07, 6.45) is 4.35. The molecule has 0 bridgehead atoms. The van der Waals surface area contributed by atoms with Gasteiger partial charge in [-0.1, -0.05) is 84.9 Å². The lowest BCUT2D eigenvalue weighted by atomic mass is 10.0. The number of anilines is 1. The molecule has 0 radical (unpaired) electrons. The van der Waals surface area contributed by atoms with Crippen LogP contribution in [0.4, 0.5) is 5.69 Å². The fraction of sp³-hybridized carbons (Fsp3) is 0.138. The Bertz CT molecular complexity index is 1070. The molecular formula is C29H28N2. The van der Waals surface area contributed by atoms with E-state index in [4.69, 9.17) is 4.98 Å². The van der Waals surface area contributed by atoms with Gasteiger partial charge in [-0.2, -0.15) is 0 Å². The van der Waals surface area contributed by atoms with Gasteiger partial charge in [0.1, 0.15) is 0 Å². The van der Waals surface area contributed by atoms with Crippen LogP contribution in [0.15, 0.2) is 97.1 Å². The topological polar surface area (TPSA) is 16.1 Å². The second kappa shape index (κ2) is 9.90. The van der Waals surface area contributed by atoms with Crippen LogP contribution >= 0.6 is 0 Å². The van der Waals surface area contributed by atoms with Gasteiger partial charge in [-0.3, -0.25) is 0 Å².